The number of fused-ring (bicyclic) bond motifs is 2. The number of benzene rings is 2. The largest absolute Gasteiger partial charge is 0.384 e. The van der Waals surface area contributed by atoms with Crippen molar-refractivity contribution in [2.24, 2.45) is 0 Å². The van der Waals surface area contributed by atoms with E-state index in [2.05, 4.69) is 12.2 Å². The van der Waals surface area contributed by atoms with E-state index < -0.39 is 0 Å². The van der Waals surface area contributed by atoms with Gasteiger partial charge in [0, 0.05) is 13.1 Å². The van der Waals surface area contributed by atoms with Crippen molar-refractivity contribution in [3.63, 3.8) is 0 Å². The van der Waals surface area contributed by atoms with Crippen LogP contribution in [0.4, 0.5) is 5.82 Å². The summed E-state index contributed by atoms with van der Waals surface area (Å²) < 4.78 is 1.95. The summed E-state index contributed by atoms with van der Waals surface area (Å²) in [5, 5.41) is 3.01. The molecule has 6 heteroatoms. The molecule has 0 aliphatic rings. The van der Waals surface area contributed by atoms with Crippen molar-refractivity contribution in [1.29, 1.82) is 0 Å². The highest BCUT2D eigenvalue weighted by atomic mass is 16.1. The number of para-hydroxylation sites is 2. The van der Waals surface area contributed by atoms with Gasteiger partial charge in [-0.2, -0.15) is 0 Å². The molecule has 2 aromatic heterocycles. The molecule has 1 amide bonds. The van der Waals surface area contributed by atoms with Crippen molar-refractivity contribution in [3.8, 4) is 0 Å². The molecule has 0 fully saturated rings. The van der Waals surface area contributed by atoms with Crippen molar-refractivity contribution >= 4 is 33.9 Å². The molecule has 31 heavy (non-hydrogen) atoms. The Bertz CT molecular complexity index is 1210. The van der Waals surface area contributed by atoms with E-state index in [-0.39, 0.29) is 5.91 Å². The van der Waals surface area contributed by atoms with E-state index in [0.717, 1.165) is 36.0 Å². The summed E-state index contributed by atoms with van der Waals surface area (Å²) in [6.07, 6.45) is 4.45. The molecule has 2 aromatic carbocycles. The van der Waals surface area contributed by atoms with Gasteiger partial charge >= 0.3 is 0 Å². The quantitative estimate of drug-likeness (QED) is 0.397. The van der Waals surface area contributed by atoms with Crippen LogP contribution in [0.25, 0.3) is 22.2 Å². The summed E-state index contributed by atoms with van der Waals surface area (Å²) in [5.41, 5.74) is 11.9. The second-order valence-electron chi connectivity index (χ2n) is 8.03. The zero-order chi connectivity index (χ0) is 21.8. The molecule has 0 radical (unpaired) electrons. The lowest BCUT2D eigenvalue weighted by Crippen LogP contribution is -2.24. The smallest absolute Gasteiger partial charge is 0.257 e. The average Bonchev–Trinajstić information content (AvgIpc) is 3.05. The molecule has 160 valence electrons. The monoisotopic (exact) mass is 415 g/mol. The van der Waals surface area contributed by atoms with Crippen molar-refractivity contribution in [2.45, 2.75) is 52.6 Å². The molecule has 6 nitrogen and oxygen atoms in total. The average molecular weight is 416 g/mol. The highest BCUT2D eigenvalue weighted by molar-refractivity contribution is 6.10. The Morgan fingerprint density at radius 3 is 2.42 bits per heavy atom. The molecule has 0 aliphatic carbocycles. The summed E-state index contributed by atoms with van der Waals surface area (Å²) in [6.45, 7) is 5.39. The fraction of sp³-hybridized carbons (Fsp3) is 0.320. The lowest BCUT2D eigenvalue weighted by atomic mass is 10.1. The summed E-state index contributed by atoms with van der Waals surface area (Å²) in [6, 6.07) is 15.8. The molecule has 0 aliphatic heterocycles. The van der Waals surface area contributed by atoms with Crippen LogP contribution in [-0.2, 0) is 13.1 Å². The molecule has 3 N–H and O–H groups in total. The number of nitrogens with zero attached hydrogens (tertiary/aromatic N) is 3. The first kappa shape index (κ1) is 20.8. The SMILES string of the molecule is CCCCCCn1c(N)c(C(=O)NCc2ccc(C)cc2)c2nc3ccccc3nc21. The zero-order valence-corrected chi connectivity index (χ0v) is 18.2. The van der Waals surface area contributed by atoms with Crippen LogP contribution in [0, 0.1) is 6.92 Å². The maximum absolute atomic E-state index is 13.2. The Labute approximate surface area is 182 Å². The van der Waals surface area contributed by atoms with Gasteiger partial charge in [0.1, 0.15) is 16.9 Å². The van der Waals surface area contributed by atoms with Crippen LogP contribution in [0.1, 0.15) is 54.1 Å². The highest BCUT2D eigenvalue weighted by Gasteiger charge is 2.23. The second-order valence-corrected chi connectivity index (χ2v) is 8.03. The van der Waals surface area contributed by atoms with Gasteiger partial charge < -0.3 is 15.6 Å². The van der Waals surface area contributed by atoms with E-state index >= 15 is 0 Å². The van der Waals surface area contributed by atoms with Gasteiger partial charge in [0.15, 0.2) is 5.65 Å². The Morgan fingerprint density at radius 2 is 1.71 bits per heavy atom. The molecule has 0 spiro atoms. The Hall–Kier alpha value is -3.41. The third kappa shape index (κ3) is 4.38. The number of nitrogens with one attached hydrogen (secondary N) is 1. The molecule has 4 aromatic rings. The van der Waals surface area contributed by atoms with Gasteiger partial charge in [0.05, 0.1) is 11.0 Å². The first-order valence-electron chi connectivity index (χ1n) is 11.0. The normalized spacial score (nSPS) is 11.3. The minimum atomic E-state index is -0.222. The van der Waals surface area contributed by atoms with Crippen molar-refractivity contribution < 1.29 is 4.79 Å². The Kier molecular flexibility index (Phi) is 6.16. The number of anilines is 1. The van der Waals surface area contributed by atoms with Gasteiger partial charge in [-0.3, -0.25) is 4.79 Å². The van der Waals surface area contributed by atoms with Crippen LogP contribution in [0.2, 0.25) is 0 Å². The summed E-state index contributed by atoms with van der Waals surface area (Å²) in [4.78, 5) is 22.7. The summed E-state index contributed by atoms with van der Waals surface area (Å²) >= 11 is 0. The number of amides is 1. The number of aryl methyl sites for hydroxylation is 2. The first-order valence-corrected chi connectivity index (χ1v) is 11.0. The highest BCUT2D eigenvalue weighted by Crippen LogP contribution is 2.28. The topological polar surface area (TPSA) is 85.8 Å². The fourth-order valence-corrected chi connectivity index (χ4v) is 3.84. The number of hydrogen-bond acceptors (Lipinski definition) is 4. The van der Waals surface area contributed by atoms with Crippen LogP contribution in [-0.4, -0.2) is 20.4 Å². The summed E-state index contributed by atoms with van der Waals surface area (Å²) in [7, 11) is 0. The van der Waals surface area contributed by atoms with Gasteiger partial charge in [-0.15, -0.1) is 0 Å². The summed E-state index contributed by atoms with van der Waals surface area (Å²) in [5.74, 6) is 0.211. The van der Waals surface area contributed by atoms with Crippen LogP contribution >= 0.6 is 0 Å². The van der Waals surface area contributed by atoms with Crippen LogP contribution in [0.15, 0.2) is 48.5 Å². The molecule has 2 heterocycles. The van der Waals surface area contributed by atoms with Gasteiger partial charge in [-0.1, -0.05) is 68.1 Å². The Balaban J connectivity index is 1.70. The number of nitrogens with two attached hydrogens (primary N) is 1. The van der Waals surface area contributed by atoms with Gasteiger partial charge in [-0.25, -0.2) is 9.97 Å². The number of aromatic nitrogens is 3. The molecule has 0 saturated heterocycles. The molecule has 0 unspecified atom stereocenters. The van der Waals surface area contributed by atoms with Gasteiger partial charge in [-0.05, 0) is 31.0 Å². The third-order valence-corrected chi connectivity index (χ3v) is 5.63. The maximum atomic E-state index is 13.2. The lowest BCUT2D eigenvalue weighted by Gasteiger charge is -2.08. The predicted molar refractivity (Wildman–Crippen MR) is 126 cm³/mol. The third-order valence-electron chi connectivity index (χ3n) is 5.63. The van der Waals surface area contributed by atoms with E-state index in [1.807, 2.05) is 60.0 Å². The fourth-order valence-electron chi connectivity index (χ4n) is 3.84. The van der Waals surface area contributed by atoms with Crippen molar-refractivity contribution in [2.75, 3.05) is 5.73 Å². The van der Waals surface area contributed by atoms with Crippen LogP contribution < -0.4 is 11.1 Å². The molecule has 0 bridgehead atoms. The minimum absolute atomic E-state index is 0.222. The molecule has 4 rings (SSSR count). The first-order chi connectivity index (χ1) is 15.1. The number of carbonyl (C=O) groups is 1. The number of hydrogen-bond donors (Lipinski definition) is 2. The second kappa shape index (κ2) is 9.16. The molecule has 0 saturated carbocycles. The zero-order valence-electron chi connectivity index (χ0n) is 18.2. The molecular weight excluding hydrogens is 386 g/mol. The standard InChI is InChI=1S/C25H29N5O/c1-3-4-5-8-15-30-23(26)21(25(31)27-16-18-13-11-17(2)12-14-18)22-24(30)29-20-10-7-6-9-19(20)28-22/h6-7,9-14H,3-5,8,15-16,26H2,1-2H3,(H,27,31). The molecular formula is C25H29N5O. The van der Waals surface area contributed by atoms with E-state index in [1.165, 1.54) is 18.4 Å². The number of carbonyl (C=O) groups excluding carboxylic acids is 1. The van der Waals surface area contributed by atoms with Crippen LogP contribution in [0.5, 0.6) is 0 Å². The van der Waals surface area contributed by atoms with E-state index in [9.17, 15) is 4.79 Å². The van der Waals surface area contributed by atoms with E-state index in [0.29, 0.717) is 29.1 Å². The van der Waals surface area contributed by atoms with Crippen LogP contribution in [0.3, 0.4) is 0 Å². The Morgan fingerprint density at radius 1 is 1.00 bits per heavy atom. The predicted octanol–water partition coefficient (Wildman–Crippen LogP) is 4.99. The van der Waals surface area contributed by atoms with E-state index in [1.54, 1.807) is 0 Å². The molecule has 0 atom stereocenters. The number of unbranched alkanes of at least 4 members (excludes halogenated alkanes) is 3. The van der Waals surface area contributed by atoms with Gasteiger partial charge in [0.25, 0.3) is 5.91 Å². The number of rotatable bonds is 8. The van der Waals surface area contributed by atoms with Crippen molar-refractivity contribution in [1.82, 2.24) is 19.9 Å². The number of nitrogen functional groups attached to an aromatic ring is 1. The van der Waals surface area contributed by atoms with Gasteiger partial charge in [0.2, 0.25) is 0 Å². The van der Waals surface area contributed by atoms with E-state index in [4.69, 9.17) is 15.7 Å². The lowest BCUT2D eigenvalue weighted by molar-refractivity contribution is 0.0953. The minimum Gasteiger partial charge on any atom is -0.384 e. The van der Waals surface area contributed by atoms with Crippen molar-refractivity contribution in [3.05, 3.63) is 65.2 Å². The maximum Gasteiger partial charge on any atom is 0.257 e.